The Balaban J connectivity index is 1.71. The van der Waals surface area contributed by atoms with Crippen LogP contribution >= 0.6 is 46.6 Å². The molecule has 6 nitrogen and oxygen atoms in total. The van der Waals surface area contributed by atoms with Crippen LogP contribution in [0.4, 0.5) is 5.69 Å². The summed E-state index contributed by atoms with van der Waals surface area (Å²) in [6.45, 7) is -0.119. The normalized spacial score (nSPS) is 11.2. The first-order valence-electron chi connectivity index (χ1n) is 10.4. The number of amides is 1. The average molecular weight is 574 g/mol. The minimum Gasteiger partial charge on any atom is -0.495 e. The number of anilines is 1. The maximum Gasteiger partial charge on any atom is 0.264 e. The van der Waals surface area contributed by atoms with Gasteiger partial charge in [0.25, 0.3) is 10.0 Å². The third-order valence-corrected chi connectivity index (χ3v) is 8.61. The Labute approximate surface area is 224 Å². The van der Waals surface area contributed by atoms with Crippen LogP contribution in [0, 0.1) is 0 Å². The van der Waals surface area contributed by atoms with Crippen molar-refractivity contribution in [2.24, 2.45) is 0 Å². The van der Waals surface area contributed by atoms with Gasteiger partial charge in [-0.25, -0.2) is 8.42 Å². The Hall–Kier alpha value is -2.10. The number of rotatable bonds is 11. The molecule has 0 saturated carbocycles. The van der Waals surface area contributed by atoms with E-state index >= 15 is 0 Å². The minimum atomic E-state index is -4.08. The number of carbonyl (C=O) groups is 1. The summed E-state index contributed by atoms with van der Waals surface area (Å²) in [6, 6.07) is 17.8. The molecule has 0 saturated heterocycles. The highest BCUT2D eigenvalue weighted by Crippen LogP contribution is 2.34. The van der Waals surface area contributed by atoms with Crippen molar-refractivity contribution in [1.82, 2.24) is 5.32 Å². The quantitative estimate of drug-likeness (QED) is 0.289. The molecule has 3 rings (SSSR count). The van der Waals surface area contributed by atoms with Crippen LogP contribution in [0.2, 0.25) is 15.1 Å². The number of carbonyl (C=O) groups excluding carboxylic acids is 1. The third-order valence-electron chi connectivity index (χ3n) is 4.90. The fraction of sp³-hybridized carbons (Fsp3) is 0.208. The van der Waals surface area contributed by atoms with Crippen molar-refractivity contribution in [2.45, 2.75) is 10.6 Å². The van der Waals surface area contributed by atoms with Crippen LogP contribution in [0.3, 0.4) is 0 Å². The van der Waals surface area contributed by atoms with Crippen molar-refractivity contribution in [3.63, 3.8) is 0 Å². The zero-order valence-electron chi connectivity index (χ0n) is 18.7. The SMILES string of the molecule is COc1ccc(Cl)cc1N(CC(=O)NCCSCc1c(Cl)cccc1Cl)S(=O)(=O)c1ccccc1. The Bertz CT molecular complexity index is 1250. The van der Waals surface area contributed by atoms with Crippen molar-refractivity contribution in [1.29, 1.82) is 0 Å². The number of nitrogens with one attached hydrogen (secondary N) is 1. The van der Waals surface area contributed by atoms with E-state index in [1.54, 1.807) is 60.3 Å². The number of thioether (sulfide) groups is 1. The topological polar surface area (TPSA) is 75.7 Å². The number of halogens is 3. The third kappa shape index (κ3) is 7.21. The lowest BCUT2D eigenvalue weighted by atomic mass is 10.2. The number of nitrogens with zero attached hydrogens (tertiary/aromatic N) is 1. The van der Waals surface area contributed by atoms with Gasteiger partial charge in [0.05, 0.1) is 17.7 Å². The van der Waals surface area contributed by atoms with E-state index < -0.39 is 22.5 Å². The van der Waals surface area contributed by atoms with Crippen molar-refractivity contribution in [3.8, 4) is 5.75 Å². The molecule has 1 amide bonds. The van der Waals surface area contributed by atoms with Crippen molar-refractivity contribution < 1.29 is 17.9 Å². The second-order valence-electron chi connectivity index (χ2n) is 7.24. The van der Waals surface area contributed by atoms with Gasteiger partial charge in [-0.15, -0.1) is 0 Å². The molecule has 0 spiro atoms. The van der Waals surface area contributed by atoms with Gasteiger partial charge in [-0.05, 0) is 48.0 Å². The first kappa shape index (κ1) is 27.5. The van der Waals surface area contributed by atoms with Crippen molar-refractivity contribution in [2.75, 3.05) is 30.3 Å². The van der Waals surface area contributed by atoms with Gasteiger partial charge in [0.2, 0.25) is 5.91 Å². The maximum atomic E-state index is 13.5. The first-order chi connectivity index (χ1) is 16.7. The lowest BCUT2D eigenvalue weighted by Gasteiger charge is -2.25. The summed E-state index contributed by atoms with van der Waals surface area (Å²) in [4.78, 5) is 12.8. The summed E-state index contributed by atoms with van der Waals surface area (Å²) >= 11 is 20.1. The molecule has 3 aromatic carbocycles. The Kier molecular flexibility index (Phi) is 10.0. The standard InChI is InChI=1S/C24H23Cl3N2O4S2/c1-33-23-11-10-17(25)14-22(23)29(35(31,32)18-6-3-2-4-7-18)15-24(30)28-12-13-34-16-19-20(26)8-5-9-21(19)27/h2-11,14H,12-13,15-16H2,1H3,(H,28,30). The zero-order chi connectivity index (χ0) is 25.4. The highest BCUT2D eigenvalue weighted by molar-refractivity contribution is 7.98. The highest BCUT2D eigenvalue weighted by Gasteiger charge is 2.29. The van der Waals surface area contributed by atoms with Gasteiger partial charge in [0.1, 0.15) is 12.3 Å². The molecule has 0 unspecified atom stereocenters. The highest BCUT2D eigenvalue weighted by atomic mass is 35.5. The summed E-state index contributed by atoms with van der Waals surface area (Å²) < 4.78 is 33.3. The lowest BCUT2D eigenvalue weighted by molar-refractivity contribution is -0.119. The largest absolute Gasteiger partial charge is 0.495 e. The fourth-order valence-electron chi connectivity index (χ4n) is 3.17. The van der Waals surface area contributed by atoms with Crippen LogP contribution < -0.4 is 14.4 Å². The van der Waals surface area contributed by atoms with Gasteiger partial charge in [-0.3, -0.25) is 9.10 Å². The number of sulfonamides is 1. The molecule has 186 valence electrons. The monoisotopic (exact) mass is 572 g/mol. The van der Waals surface area contributed by atoms with Crippen LogP contribution in [0.15, 0.2) is 71.6 Å². The molecule has 3 aromatic rings. The average Bonchev–Trinajstić information content (AvgIpc) is 2.84. The van der Waals surface area contributed by atoms with Gasteiger partial charge < -0.3 is 10.1 Å². The Morgan fingerprint density at radius 2 is 1.69 bits per heavy atom. The minimum absolute atomic E-state index is 0.0435. The summed E-state index contributed by atoms with van der Waals surface area (Å²) in [5.41, 5.74) is 1.00. The van der Waals surface area contributed by atoms with Gasteiger partial charge in [-0.2, -0.15) is 11.8 Å². The molecular formula is C24H23Cl3N2O4S2. The van der Waals surface area contributed by atoms with Crippen LogP contribution in [-0.2, 0) is 20.6 Å². The second-order valence-corrected chi connectivity index (χ2v) is 11.5. The second kappa shape index (κ2) is 12.7. The first-order valence-corrected chi connectivity index (χ1v) is 14.2. The number of benzene rings is 3. The summed E-state index contributed by atoms with van der Waals surface area (Å²) in [6.07, 6.45) is 0. The molecule has 0 radical (unpaired) electrons. The molecule has 0 bridgehead atoms. The van der Waals surface area contributed by atoms with E-state index in [2.05, 4.69) is 5.32 Å². The maximum absolute atomic E-state index is 13.5. The molecule has 0 aromatic heterocycles. The van der Waals surface area contributed by atoms with Crippen molar-refractivity contribution >= 4 is 68.2 Å². The van der Waals surface area contributed by atoms with E-state index in [0.29, 0.717) is 33.1 Å². The molecule has 11 heteroatoms. The molecule has 0 aliphatic carbocycles. The number of hydrogen-bond acceptors (Lipinski definition) is 5. The fourth-order valence-corrected chi connectivity index (χ4v) is 6.38. The van der Waals surface area contributed by atoms with Gasteiger partial charge in [0.15, 0.2) is 0 Å². The van der Waals surface area contributed by atoms with Gasteiger partial charge in [-0.1, -0.05) is 59.1 Å². The molecule has 0 heterocycles. The number of hydrogen-bond donors (Lipinski definition) is 1. The molecule has 1 N–H and O–H groups in total. The summed E-state index contributed by atoms with van der Waals surface area (Å²) in [7, 11) is -2.66. The lowest BCUT2D eigenvalue weighted by Crippen LogP contribution is -2.41. The smallest absolute Gasteiger partial charge is 0.264 e. The van der Waals surface area contributed by atoms with Crippen LogP contribution in [0.5, 0.6) is 5.75 Å². The van der Waals surface area contributed by atoms with Gasteiger partial charge in [0, 0.05) is 33.1 Å². The summed E-state index contributed by atoms with van der Waals surface area (Å²) in [5, 5.41) is 4.26. The molecular weight excluding hydrogens is 551 g/mol. The van der Waals surface area contributed by atoms with E-state index in [0.717, 1.165) is 9.87 Å². The van der Waals surface area contributed by atoms with Crippen LogP contribution in [-0.4, -0.2) is 40.3 Å². The van der Waals surface area contributed by atoms with Crippen molar-refractivity contribution in [3.05, 3.63) is 87.4 Å². The van der Waals surface area contributed by atoms with E-state index in [9.17, 15) is 13.2 Å². The predicted molar refractivity (Wildman–Crippen MR) is 145 cm³/mol. The van der Waals surface area contributed by atoms with E-state index in [4.69, 9.17) is 39.5 Å². The zero-order valence-corrected chi connectivity index (χ0v) is 22.6. The van der Waals surface area contributed by atoms with E-state index in [1.165, 1.54) is 25.3 Å². The molecule has 0 aliphatic heterocycles. The van der Waals surface area contributed by atoms with Crippen LogP contribution in [0.25, 0.3) is 0 Å². The van der Waals surface area contributed by atoms with Crippen LogP contribution in [0.1, 0.15) is 5.56 Å². The molecule has 35 heavy (non-hydrogen) atoms. The Morgan fingerprint density at radius 1 is 1.00 bits per heavy atom. The van der Waals surface area contributed by atoms with Gasteiger partial charge >= 0.3 is 0 Å². The molecule has 0 fully saturated rings. The number of methoxy groups -OCH3 is 1. The molecule has 0 aliphatic rings. The molecule has 0 atom stereocenters. The van der Waals surface area contributed by atoms with E-state index in [1.807, 2.05) is 0 Å². The Morgan fingerprint density at radius 3 is 2.34 bits per heavy atom. The van der Waals surface area contributed by atoms with E-state index in [-0.39, 0.29) is 16.3 Å². The predicted octanol–water partition coefficient (Wildman–Crippen LogP) is 5.90. The number of ether oxygens (including phenoxy) is 1. The summed E-state index contributed by atoms with van der Waals surface area (Å²) in [5.74, 6) is 0.971.